The third kappa shape index (κ3) is 2.81. The zero-order valence-electron chi connectivity index (χ0n) is 11.4. The van der Waals surface area contributed by atoms with E-state index in [9.17, 15) is 13.2 Å². The highest BCUT2D eigenvalue weighted by atomic mass is 19.4. The predicted octanol–water partition coefficient (Wildman–Crippen LogP) is 2.97. The first-order valence-electron chi connectivity index (χ1n) is 6.95. The lowest BCUT2D eigenvalue weighted by Crippen LogP contribution is -2.46. The largest absolute Gasteiger partial charge is 0.408 e. The van der Waals surface area contributed by atoms with Gasteiger partial charge in [-0.15, -0.1) is 0 Å². The highest BCUT2D eigenvalue weighted by Gasteiger charge is 2.44. The van der Waals surface area contributed by atoms with Gasteiger partial charge in [0.2, 0.25) is 0 Å². The zero-order valence-corrected chi connectivity index (χ0v) is 11.4. The van der Waals surface area contributed by atoms with E-state index >= 15 is 0 Å². The lowest BCUT2D eigenvalue weighted by Gasteiger charge is -2.33. The van der Waals surface area contributed by atoms with Crippen LogP contribution in [0.1, 0.15) is 6.42 Å². The first-order chi connectivity index (χ1) is 10.1. The van der Waals surface area contributed by atoms with E-state index < -0.39 is 12.2 Å². The predicted molar refractivity (Wildman–Crippen MR) is 76.4 cm³/mol. The second-order valence-electron chi connectivity index (χ2n) is 5.14. The number of alkyl halides is 3. The van der Waals surface area contributed by atoms with Gasteiger partial charge in [0, 0.05) is 30.4 Å². The average molecular weight is 295 g/mol. The monoisotopic (exact) mass is 295 g/mol. The summed E-state index contributed by atoms with van der Waals surface area (Å²) in [6.07, 6.45) is -2.61. The van der Waals surface area contributed by atoms with Gasteiger partial charge >= 0.3 is 6.18 Å². The van der Waals surface area contributed by atoms with E-state index in [4.69, 9.17) is 0 Å². The van der Waals surface area contributed by atoms with Crippen molar-refractivity contribution >= 4 is 16.6 Å². The second-order valence-corrected chi connectivity index (χ2v) is 5.14. The molecule has 112 valence electrons. The van der Waals surface area contributed by atoms with E-state index in [0.717, 1.165) is 5.39 Å². The van der Waals surface area contributed by atoms with Gasteiger partial charge in [0.25, 0.3) is 0 Å². The van der Waals surface area contributed by atoms with E-state index in [1.165, 1.54) is 4.90 Å². The van der Waals surface area contributed by atoms with Crippen LogP contribution in [-0.2, 0) is 0 Å². The number of para-hydroxylation sites is 1. The molecule has 0 spiro atoms. The molecule has 2 heterocycles. The van der Waals surface area contributed by atoms with Crippen LogP contribution in [0.15, 0.2) is 36.5 Å². The van der Waals surface area contributed by atoms with Gasteiger partial charge in [0.05, 0.1) is 5.52 Å². The summed E-state index contributed by atoms with van der Waals surface area (Å²) in [6.45, 7) is 1.26. The van der Waals surface area contributed by atoms with Crippen molar-refractivity contribution in [1.82, 2.24) is 10.3 Å². The van der Waals surface area contributed by atoms with E-state index in [1.54, 1.807) is 12.3 Å². The number of rotatable bonds is 1. The Morgan fingerprint density at radius 1 is 1.14 bits per heavy atom. The SMILES string of the molecule is FC(F)(F)C1CCNCCN1c1ccnc2ccccc12. The average Bonchev–Trinajstić information content (AvgIpc) is 2.72. The van der Waals surface area contributed by atoms with Gasteiger partial charge in [-0.1, -0.05) is 18.2 Å². The Kier molecular flexibility index (Phi) is 3.71. The maximum Gasteiger partial charge on any atom is 0.408 e. The first kappa shape index (κ1) is 14.1. The highest BCUT2D eigenvalue weighted by molar-refractivity contribution is 5.91. The molecule has 1 saturated heterocycles. The van der Waals surface area contributed by atoms with Crippen LogP contribution in [0.3, 0.4) is 0 Å². The molecule has 2 aromatic rings. The second kappa shape index (κ2) is 5.52. The molecule has 0 aliphatic carbocycles. The van der Waals surface area contributed by atoms with E-state index in [1.807, 2.05) is 24.3 Å². The molecule has 1 aromatic heterocycles. The molecule has 0 amide bonds. The van der Waals surface area contributed by atoms with Crippen LogP contribution in [0.5, 0.6) is 0 Å². The number of nitrogens with zero attached hydrogens (tertiary/aromatic N) is 2. The molecule has 21 heavy (non-hydrogen) atoms. The van der Waals surface area contributed by atoms with Crippen LogP contribution in [0.4, 0.5) is 18.9 Å². The highest BCUT2D eigenvalue weighted by Crippen LogP contribution is 2.34. The maximum absolute atomic E-state index is 13.4. The number of hydrogen-bond acceptors (Lipinski definition) is 3. The van der Waals surface area contributed by atoms with Crippen LogP contribution in [-0.4, -0.2) is 36.8 Å². The van der Waals surface area contributed by atoms with Gasteiger partial charge < -0.3 is 10.2 Å². The molecule has 3 nitrogen and oxygen atoms in total. The molecule has 0 saturated carbocycles. The van der Waals surface area contributed by atoms with Crippen molar-refractivity contribution in [3.05, 3.63) is 36.5 Å². The topological polar surface area (TPSA) is 28.2 Å². The molecule has 1 N–H and O–H groups in total. The summed E-state index contributed by atoms with van der Waals surface area (Å²) in [5.74, 6) is 0. The molecule has 6 heteroatoms. The summed E-state index contributed by atoms with van der Waals surface area (Å²) in [6, 6.07) is 7.52. The minimum absolute atomic E-state index is 0.0557. The lowest BCUT2D eigenvalue weighted by molar-refractivity contribution is -0.149. The van der Waals surface area contributed by atoms with Crippen molar-refractivity contribution in [3.63, 3.8) is 0 Å². The molecule has 0 radical (unpaired) electrons. The zero-order chi connectivity index (χ0) is 14.9. The number of anilines is 1. The van der Waals surface area contributed by atoms with Gasteiger partial charge in [0.1, 0.15) is 6.04 Å². The van der Waals surface area contributed by atoms with Gasteiger partial charge in [-0.05, 0) is 25.1 Å². The molecular formula is C15H16F3N3. The molecule has 3 rings (SSSR count). The number of aromatic nitrogens is 1. The minimum atomic E-state index is -4.24. The van der Waals surface area contributed by atoms with Crippen LogP contribution >= 0.6 is 0 Å². The van der Waals surface area contributed by atoms with Crippen LogP contribution < -0.4 is 10.2 Å². The number of fused-ring (bicyclic) bond motifs is 1. The van der Waals surface area contributed by atoms with Gasteiger partial charge in [0.15, 0.2) is 0 Å². The quantitative estimate of drug-likeness (QED) is 0.876. The first-order valence-corrected chi connectivity index (χ1v) is 6.95. The standard InChI is InChI=1S/C15H16F3N3/c16-15(17,18)14-6-7-19-9-10-21(14)13-5-8-20-12-4-2-1-3-11(12)13/h1-5,8,14,19H,6-7,9-10H2. The van der Waals surface area contributed by atoms with Gasteiger partial charge in [-0.3, -0.25) is 4.98 Å². The Hall–Kier alpha value is -1.82. The molecule has 1 aliphatic heterocycles. The Morgan fingerprint density at radius 3 is 2.76 bits per heavy atom. The summed E-state index contributed by atoms with van der Waals surface area (Å²) >= 11 is 0. The fraction of sp³-hybridized carbons (Fsp3) is 0.400. The summed E-state index contributed by atoms with van der Waals surface area (Å²) in [7, 11) is 0. The molecule has 1 aliphatic rings. The normalized spacial score (nSPS) is 20.5. The number of halogens is 3. The van der Waals surface area contributed by atoms with Gasteiger partial charge in [-0.25, -0.2) is 0 Å². The van der Waals surface area contributed by atoms with Crippen LogP contribution in [0.2, 0.25) is 0 Å². The van der Waals surface area contributed by atoms with Crippen LogP contribution in [0, 0.1) is 0 Å². The van der Waals surface area contributed by atoms with E-state index in [0.29, 0.717) is 30.8 Å². The summed E-state index contributed by atoms with van der Waals surface area (Å²) in [5, 5.41) is 3.80. The molecule has 1 unspecified atom stereocenters. The van der Waals surface area contributed by atoms with Crippen molar-refractivity contribution in [3.8, 4) is 0 Å². The molecule has 1 atom stereocenters. The number of hydrogen-bond donors (Lipinski definition) is 1. The van der Waals surface area contributed by atoms with Crippen LogP contribution in [0.25, 0.3) is 10.9 Å². The smallest absolute Gasteiger partial charge is 0.358 e. The number of benzene rings is 1. The van der Waals surface area contributed by atoms with Gasteiger partial charge in [-0.2, -0.15) is 13.2 Å². The minimum Gasteiger partial charge on any atom is -0.358 e. The molecule has 1 aromatic carbocycles. The molecule has 1 fully saturated rings. The Labute approximate surface area is 120 Å². The van der Waals surface area contributed by atoms with E-state index in [-0.39, 0.29) is 6.42 Å². The third-order valence-electron chi connectivity index (χ3n) is 3.81. The summed E-state index contributed by atoms with van der Waals surface area (Å²) < 4.78 is 40.1. The fourth-order valence-electron chi connectivity index (χ4n) is 2.83. The lowest BCUT2D eigenvalue weighted by atomic mass is 10.1. The van der Waals surface area contributed by atoms with Crippen molar-refractivity contribution in [2.24, 2.45) is 0 Å². The van der Waals surface area contributed by atoms with Crippen molar-refractivity contribution in [2.45, 2.75) is 18.6 Å². The Bertz CT molecular complexity index is 622. The third-order valence-corrected chi connectivity index (χ3v) is 3.81. The summed E-state index contributed by atoms with van der Waals surface area (Å²) in [5.41, 5.74) is 1.32. The van der Waals surface area contributed by atoms with E-state index in [2.05, 4.69) is 10.3 Å². The number of nitrogens with one attached hydrogen (secondary N) is 1. The maximum atomic E-state index is 13.4. The Morgan fingerprint density at radius 2 is 1.95 bits per heavy atom. The molecule has 0 bridgehead atoms. The Balaban J connectivity index is 2.09. The summed E-state index contributed by atoms with van der Waals surface area (Å²) in [4.78, 5) is 5.69. The van der Waals surface area contributed by atoms with Crippen molar-refractivity contribution < 1.29 is 13.2 Å². The number of pyridine rings is 1. The van der Waals surface area contributed by atoms with Crippen molar-refractivity contribution in [2.75, 3.05) is 24.5 Å². The molecular weight excluding hydrogens is 279 g/mol. The van der Waals surface area contributed by atoms with Crippen molar-refractivity contribution in [1.29, 1.82) is 0 Å². The fourth-order valence-corrected chi connectivity index (χ4v) is 2.83.